The first-order valence-corrected chi connectivity index (χ1v) is 15.2. The summed E-state index contributed by atoms with van der Waals surface area (Å²) in [4.78, 5) is 25.4. The highest BCUT2D eigenvalue weighted by Crippen LogP contribution is 2.26. The van der Waals surface area contributed by atoms with Crippen molar-refractivity contribution < 1.29 is 31.5 Å². The maximum atomic E-state index is 14.6. The molecular formula is C31H27BrF2N2O5S. The van der Waals surface area contributed by atoms with E-state index in [2.05, 4.69) is 26.0 Å². The molecule has 1 amide bonds. The molecule has 0 bridgehead atoms. The molecule has 4 aromatic rings. The highest BCUT2D eigenvalue weighted by Gasteiger charge is 2.29. The van der Waals surface area contributed by atoms with Crippen LogP contribution in [-0.2, 0) is 32.4 Å². The van der Waals surface area contributed by atoms with Crippen molar-refractivity contribution in [1.29, 1.82) is 0 Å². The third kappa shape index (κ3) is 8.54. The fourth-order valence-corrected chi connectivity index (χ4v) is 6.64. The summed E-state index contributed by atoms with van der Waals surface area (Å²) in [5.74, 6) is -3.49. The smallest absolute Gasteiger partial charge is 0.329 e. The monoisotopic (exact) mass is 656 g/mol. The number of rotatable bonds is 12. The summed E-state index contributed by atoms with van der Waals surface area (Å²) < 4.78 is 62.2. The van der Waals surface area contributed by atoms with E-state index >= 15 is 0 Å². The predicted molar refractivity (Wildman–Crippen MR) is 157 cm³/mol. The van der Waals surface area contributed by atoms with Gasteiger partial charge in [-0.25, -0.2) is 26.7 Å². The Kier molecular flexibility index (Phi) is 10.6. The number of hydrogen-bond donors (Lipinski definition) is 2. The summed E-state index contributed by atoms with van der Waals surface area (Å²) >= 11 is 2.92. The van der Waals surface area contributed by atoms with E-state index in [9.17, 15) is 26.8 Å². The number of carbonyl (C=O) groups is 2. The molecule has 0 aliphatic heterocycles. The topological polar surface area (TPSA) is 102 Å². The molecule has 0 heterocycles. The van der Waals surface area contributed by atoms with Crippen LogP contribution < -0.4 is 10.0 Å². The van der Waals surface area contributed by atoms with Gasteiger partial charge in [-0.3, -0.25) is 4.79 Å². The maximum Gasteiger partial charge on any atom is 0.329 e. The molecule has 0 unspecified atom stereocenters. The Morgan fingerprint density at radius 1 is 0.810 bits per heavy atom. The van der Waals surface area contributed by atoms with Crippen molar-refractivity contribution in [1.82, 2.24) is 10.0 Å². The lowest BCUT2D eigenvalue weighted by Gasteiger charge is -2.22. The standard InChI is InChI=1S/C31H27BrF2N2O5S/c32-26-18-24(33)19-27(34)29(26)42(39,40)36-25(16-21-10-4-1-5-11-21)20-41-31(38)28(17-22-12-6-2-7-13-22)35-30(37)23-14-8-3-9-15-23/h1-15,18-19,25,28,36H,16-17,20H2,(H,35,37)/t25-,28-/m1/s1. The van der Waals surface area contributed by atoms with Crippen LogP contribution in [0.3, 0.4) is 0 Å². The fourth-order valence-electron chi connectivity index (χ4n) is 4.25. The van der Waals surface area contributed by atoms with Gasteiger partial charge in [0.25, 0.3) is 5.91 Å². The summed E-state index contributed by atoms with van der Waals surface area (Å²) in [6, 6.07) is 25.4. The van der Waals surface area contributed by atoms with Gasteiger partial charge in [-0.05, 0) is 51.7 Å². The molecule has 0 aliphatic rings. The number of halogens is 3. The Balaban J connectivity index is 1.55. The van der Waals surface area contributed by atoms with Crippen LogP contribution in [0.2, 0.25) is 0 Å². The molecule has 218 valence electrons. The van der Waals surface area contributed by atoms with E-state index in [1.807, 2.05) is 6.07 Å². The first kappa shape index (κ1) is 31.0. The summed E-state index contributed by atoms with van der Waals surface area (Å²) in [6.45, 7) is -0.431. The minimum Gasteiger partial charge on any atom is -0.462 e. The largest absolute Gasteiger partial charge is 0.462 e. The Morgan fingerprint density at radius 2 is 1.36 bits per heavy atom. The Labute approximate surface area is 251 Å². The summed E-state index contributed by atoms with van der Waals surface area (Å²) in [6.07, 6.45) is 0.217. The summed E-state index contributed by atoms with van der Waals surface area (Å²) in [5, 5.41) is 2.71. The molecule has 4 aromatic carbocycles. The minimum atomic E-state index is -4.53. The van der Waals surface area contributed by atoms with E-state index < -0.39 is 57.1 Å². The second kappa shape index (κ2) is 14.3. The SMILES string of the molecule is O=C(N[C@H](Cc1ccccc1)C(=O)OC[C@@H](Cc1ccccc1)NS(=O)(=O)c1c(F)cc(F)cc1Br)c1ccccc1. The molecule has 0 saturated heterocycles. The average Bonchev–Trinajstić information content (AvgIpc) is 2.96. The van der Waals surface area contributed by atoms with Crippen LogP contribution >= 0.6 is 15.9 Å². The highest BCUT2D eigenvalue weighted by atomic mass is 79.9. The van der Waals surface area contributed by atoms with Crippen LogP contribution in [0.25, 0.3) is 0 Å². The number of ether oxygens (including phenoxy) is 1. The zero-order valence-corrected chi connectivity index (χ0v) is 24.6. The second-order valence-corrected chi connectivity index (χ2v) is 11.9. The first-order valence-electron chi connectivity index (χ1n) is 12.9. The van der Waals surface area contributed by atoms with Gasteiger partial charge >= 0.3 is 5.97 Å². The zero-order chi connectivity index (χ0) is 30.1. The third-order valence-corrected chi connectivity index (χ3v) is 8.70. The van der Waals surface area contributed by atoms with E-state index in [4.69, 9.17) is 4.74 Å². The molecule has 42 heavy (non-hydrogen) atoms. The average molecular weight is 658 g/mol. The van der Waals surface area contributed by atoms with E-state index in [-0.39, 0.29) is 17.3 Å². The van der Waals surface area contributed by atoms with Crippen molar-refractivity contribution in [3.8, 4) is 0 Å². The Hall–Kier alpha value is -3.93. The molecule has 7 nitrogen and oxygen atoms in total. The molecule has 0 radical (unpaired) electrons. The Morgan fingerprint density at radius 3 is 1.93 bits per heavy atom. The van der Waals surface area contributed by atoms with E-state index in [0.29, 0.717) is 11.6 Å². The number of esters is 1. The maximum absolute atomic E-state index is 14.6. The highest BCUT2D eigenvalue weighted by molar-refractivity contribution is 9.10. The predicted octanol–water partition coefficient (Wildman–Crippen LogP) is 5.20. The lowest BCUT2D eigenvalue weighted by Crippen LogP contribution is -2.46. The van der Waals surface area contributed by atoms with Gasteiger partial charge in [0.1, 0.15) is 29.2 Å². The van der Waals surface area contributed by atoms with E-state index in [1.165, 1.54) is 0 Å². The fraction of sp³-hybridized carbons (Fsp3) is 0.161. The van der Waals surface area contributed by atoms with Gasteiger partial charge in [0.15, 0.2) is 0 Å². The van der Waals surface area contributed by atoms with Gasteiger partial charge in [0.05, 0.1) is 6.04 Å². The number of carbonyl (C=O) groups excluding carboxylic acids is 2. The minimum absolute atomic E-state index is 0.0908. The van der Waals surface area contributed by atoms with Crippen molar-refractivity contribution in [3.63, 3.8) is 0 Å². The summed E-state index contributed by atoms with van der Waals surface area (Å²) in [5.41, 5.74) is 1.84. The van der Waals surface area contributed by atoms with Crippen LogP contribution in [0, 0.1) is 11.6 Å². The first-order chi connectivity index (χ1) is 20.1. The number of sulfonamides is 1. The number of benzene rings is 4. The van der Waals surface area contributed by atoms with Crippen molar-refractivity contribution >= 4 is 37.8 Å². The Bertz CT molecular complexity index is 1600. The van der Waals surface area contributed by atoms with Crippen molar-refractivity contribution in [3.05, 3.63) is 136 Å². The van der Waals surface area contributed by atoms with Gasteiger partial charge in [0, 0.05) is 22.5 Å². The van der Waals surface area contributed by atoms with Crippen LogP contribution in [0.5, 0.6) is 0 Å². The zero-order valence-electron chi connectivity index (χ0n) is 22.2. The van der Waals surface area contributed by atoms with E-state index in [1.54, 1.807) is 84.9 Å². The molecule has 0 aliphatic carbocycles. The second-order valence-electron chi connectivity index (χ2n) is 9.42. The molecule has 2 atom stereocenters. The van der Waals surface area contributed by atoms with Gasteiger partial charge in [0.2, 0.25) is 10.0 Å². The lowest BCUT2D eigenvalue weighted by atomic mass is 10.1. The number of nitrogens with one attached hydrogen (secondary N) is 2. The molecule has 4 rings (SSSR count). The van der Waals surface area contributed by atoms with Gasteiger partial charge in [-0.15, -0.1) is 0 Å². The van der Waals surface area contributed by atoms with Crippen LogP contribution in [0.1, 0.15) is 21.5 Å². The number of amides is 1. The van der Waals surface area contributed by atoms with Crippen molar-refractivity contribution in [2.75, 3.05) is 6.61 Å². The quantitative estimate of drug-likeness (QED) is 0.204. The van der Waals surface area contributed by atoms with Gasteiger partial charge in [-0.2, -0.15) is 0 Å². The van der Waals surface area contributed by atoms with Crippen LogP contribution in [0.4, 0.5) is 8.78 Å². The van der Waals surface area contributed by atoms with Gasteiger partial charge in [-0.1, -0.05) is 78.9 Å². The molecule has 2 N–H and O–H groups in total. The third-order valence-electron chi connectivity index (χ3n) is 6.21. The van der Waals surface area contributed by atoms with Crippen LogP contribution in [0.15, 0.2) is 112 Å². The van der Waals surface area contributed by atoms with Crippen LogP contribution in [-0.4, -0.2) is 39.0 Å². The molecule has 11 heteroatoms. The number of hydrogen-bond acceptors (Lipinski definition) is 5. The normalized spacial score (nSPS) is 12.7. The van der Waals surface area contributed by atoms with Crippen molar-refractivity contribution in [2.45, 2.75) is 29.8 Å². The molecule has 0 spiro atoms. The van der Waals surface area contributed by atoms with Gasteiger partial charge < -0.3 is 10.1 Å². The molecule has 0 saturated carbocycles. The molecule has 0 fully saturated rings. The van der Waals surface area contributed by atoms with E-state index in [0.717, 1.165) is 17.2 Å². The molecule has 0 aromatic heterocycles. The molecular weight excluding hydrogens is 630 g/mol. The lowest BCUT2D eigenvalue weighted by molar-refractivity contribution is -0.146. The summed E-state index contributed by atoms with van der Waals surface area (Å²) in [7, 11) is -4.53. The van der Waals surface area contributed by atoms with Crippen molar-refractivity contribution in [2.24, 2.45) is 0 Å².